The van der Waals surface area contributed by atoms with Gasteiger partial charge in [0.25, 0.3) is 10.0 Å². The van der Waals surface area contributed by atoms with Crippen molar-refractivity contribution >= 4 is 33.0 Å². The quantitative estimate of drug-likeness (QED) is 0.512. The Kier molecular flexibility index (Phi) is 5.31. The Balaban J connectivity index is 2.44. The fourth-order valence-electron chi connectivity index (χ4n) is 2.09. The van der Waals surface area contributed by atoms with Crippen LogP contribution in [0.15, 0.2) is 41.3 Å². The fraction of sp³-hybridized carbons (Fsp3) is 0.133. The first-order valence-corrected chi connectivity index (χ1v) is 8.58. The Morgan fingerprint density at radius 2 is 1.92 bits per heavy atom. The van der Waals surface area contributed by atoms with E-state index in [-0.39, 0.29) is 17.3 Å². The molecule has 2 aromatic carbocycles. The van der Waals surface area contributed by atoms with Crippen LogP contribution in [0.5, 0.6) is 11.5 Å². The lowest BCUT2D eigenvalue weighted by Crippen LogP contribution is -2.14. The number of carbonyl (C=O) groups excluding carboxylic acids is 1. The summed E-state index contributed by atoms with van der Waals surface area (Å²) in [5.41, 5.74) is -0.394. The van der Waals surface area contributed by atoms with Crippen LogP contribution in [-0.2, 0) is 14.8 Å². The normalized spacial score (nSPS) is 10.8. The summed E-state index contributed by atoms with van der Waals surface area (Å²) in [6.07, 6.45) is 0. The van der Waals surface area contributed by atoms with E-state index >= 15 is 0 Å². The number of nitro groups is 1. The number of amides is 1. The van der Waals surface area contributed by atoms with E-state index in [1.165, 1.54) is 32.2 Å². The summed E-state index contributed by atoms with van der Waals surface area (Å²) in [5, 5.41) is 22.8. The van der Waals surface area contributed by atoms with Crippen LogP contribution in [0, 0.1) is 10.1 Å². The van der Waals surface area contributed by atoms with E-state index in [1.54, 1.807) is 0 Å². The molecule has 10 nitrogen and oxygen atoms in total. The van der Waals surface area contributed by atoms with Crippen molar-refractivity contribution < 1.29 is 28.0 Å². The Labute approximate surface area is 148 Å². The number of nitrogens with one attached hydrogen (secondary N) is 2. The number of hydrogen-bond donors (Lipinski definition) is 3. The number of phenols is 1. The molecule has 3 N–H and O–H groups in total. The molecule has 0 aliphatic carbocycles. The van der Waals surface area contributed by atoms with E-state index in [9.17, 15) is 28.4 Å². The molecule has 0 aliphatic heterocycles. The van der Waals surface area contributed by atoms with E-state index in [0.717, 1.165) is 18.2 Å². The lowest BCUT2D eigenvalue weighted by Gasteiger charge is -2.13. The van der Waals surface area contributed by atoms with Crippen molar-refractivity contribution in [2.75, 3.05) is 17.1 Å². The van der Waals surface area contributed by atoms with Crippen molar-refractivity contribution in [3.63, 3.8) is 0 Å². The van der Waals surface area contributed by atoms with Crippen molar-refractivity contribution in [1.29, 1.82) is 0 Å². The van der Waals surface area contributed by atoms with Crippen molar-refractivity contribution in [2.24, 2.45) is 0 Å². The van der Waals surface area contributed by atoms with Crippen LogP contribution in [0.2, 0.25) is 0 Å². The number of rotatable bonds is 6. The van der Waals surface area contributed by atoms with Crippen LogP contribution in [0.25, 0.3) is 0 Å². The summed E-state index contributed by atoms with van der Waals surface area (Å²) in [6.45, 7) is 1.30. The standard InChI is InChI=1S/C15H15N3O7S/c1-9(19)16-10-3-6-15(25-2)12(7-10)17-26(23,24)11-4-5-14(20)13(8-11)18(21)22/h3-8,17,20H,1-2H3,(H,16,19). The van der Waals surface area contributed by atoms with Gasteiger partial charge in [0, 0.05) is 18.7 Å². The van der Waals surface area contributed by atoms with Crippen molar-refractivity contribution in [3.05, 3.63) is 46.5 Å². The minimum absolute atomic E-state index is 0.0227. The van der Waals surface area contributed by atoms with Gasteiger partial charge in [0.15, 0.2) is 5.75 Å². The first kappa shape index (κ1) is 19.0. The van der Waals surface area contributed by atoms with Gasteiger partial charge in [-0.05, 0) is 30.3 Å². The smallest absolute Gasteiger partial charge is 0.312 e. The SMILES string of the molecule is COc1ccc(NC(C)=O)cc1NS(=O)(=O)c1ccc(O)c([N+](=O)[O-])c1. The van der Waals surface area contributed by atoms with Gasteiger partial charge in [-0.15, -0.1) is 0 Å². The van der Waals surface area contributed by atoms with Crippen LogP contribution >= 0.6 is 0 Å². The number of aromatic hydroxyl groups is 1. The zero-order valence-corrected chi connectivity index (χ0v) is 14.5. The number of sulfonamides is 1. The number of carbonyl (C=O) groups is 1. The summed E-state index contributed by atoms with van der Waals surface area (Å²) in [5.74, 6) is -0.826. The molecule has 26 heavy (non-hydrogen) atoms. The highest BCUT2D eigenvalue weighted by Crippen LogP contribution is 2.32. The highest BCUT2D eigenvalue weighted by atomic mass is 32.2. The Hall–Kier alpha value is -3.34. The number of anilines is 2. The third kappa shape index (κ3) is 4.19. The van der Waals surface area contributed by atoms with Gasteiger partial charge in [0.05, 0.1) is 22.6 Å². The van der Waals surface area contributed by atoms with Gasteiger partial charge in [0.1, 0.15) is 5.75 Å². The van der Waals surface area contributed by atoms with Crippen LogP contribution in [0.3, 0.4) is 0 Å². The zero-order valence-electron chi connectivity index (χ0n) is 13.7. The molecule has 0 saturated heterocycles. The molecule has 0 aromatic heterocycles. The summed E-state index contributed by atoms with van der Waals surface area (Å²) in [6, 6.07) is 6.98. The molecule has 0 fully saturated rings. The second kappa shape index (κ2) is 7.27. The Bertz CT molecular complexity index is 973. The van der Waals surface area contributed by atoms with Crippen molar-refractivity contribution in [2.45, 2.75) is 11.8 Å². The van der Waals surface area contributed by atoms with E-state index in [4.69, 9.17) is 4.74 Å². The largest absolute Gasteiger partial charge is 0.502 e. The van der Waals surface area contributed by atoms with Crippen LogP contribution in [0.4, 0.5) is 17.1 Å². The molecule has 0 spiro atoms. The molecule has 0 unspecified atom stereocenters. The van der Waals surface area contributed by atoms with Crippen LogP contribution in [0.1, 0.15) is 6.92 Å². The maximum Gasteiger partial charge on any atom is 0.312 e. The number of nitro benzene ring substituents is 1. The second-order valence-electron chi connectivity index (χ2n) is 5.11. The molecule has 11 heteroatoms. The monoisotopic (exact) mass is 381 g/mol. The number of benzene rings is 2. The van der Waals surface area contributed by atoms with Crippen molar-refractivity contribution in [3.8, 4) is 11.5 Å². The zero-order chi connectivity index (χ0) is 19.5. The lowest BCUT2D eigenvalue weighted by molar-refractivity contribution is -0.386. The van der Waals surface area contributed by atoms with Gasteiger partial charge >= 0.3 is 5.69 Å². The molecule has 0 atom stereocenters. The lowest BCUT2D eigenvalue weighted by atomic mass is 10.2. The summed E-state index contributed by atoms with van der Waals surface area (Å²) >= 11 is 0. The maximum absolute atomic E-state index is 12.5. The average molecular weight is 381 g/mol. The van der Waals surface area contributed by atoms with Gasteiger partial charge in [-0.25, -0.2) is 8.42 Å². The van der Waals surface area contributed by atoms with Gasteiger partial charge in [0.2, 0.25) is 5.91 Å². The van der Waals surface area contributed by atoms with E-state index < -0.39 is 31.3 Å². The van der Waals surface area contributed by atoms with Crippen LogP contribution in [-0.4, -0.2) is 31.5 Å². The predicted molar refractivity (Wildman–Crippen MR) is 92.9 cm³/mol. The predicted octanol–water partition coefficient (Wildman–Crippen LogP) is 2.07. The molecule has 0 radical (unpaired) electrons. The van der Waals surface area contributed by atoms with Crippen molar-refractivity contribution in [1.82, 2.24) is 0 Å². The highest BCUT2D eigenvalue weighted by Gasteiger charge is 2.22. The molecule has 1 amide bonds. The van der Waals surface area contributed by atoms with Gasteiger partial charge in [-0.1, -0.05) is 0 Å². The maximum atomic E-state index is 12.5. The minimum Gasteiger partial charge on any atom is -0.502 e. The average Bonchev–Trinajstić information content (AvgIpc) is 2.54. The molecular formula is C15H15N3O7S. The molecule has 0 saturated carbocycles. The molecule has 138 valence electrons. The number of nitrogens with zero attached hydrogens (tertiary/aromatic N) is 1. The number of methoxy groups -OCH3 is 1. The van der Waals surface area contributed by atoms with Gasteiger partial charge < -0.3 is 15.2 Å². The number of ether oxygens (including phenoxy) is 1. The topological polar surface area (TPSA) is 148 Å². The Morgan fingerprint density at radius 3 is 2.50 bits per heavy atom. The highest BCUT2D eigenvalue weighted by molar-refractivity contribution is 7.92. The molecule has 0 aliphatic rings. The summed E-state index contributed by atoms with van der Waals surface area (Å²) in [4.78, 5) is 20.7. The molecule has 2 aromatic rings. The summed E-state index contributed by atoms with van der Waals surface area (Å²) in [7, 11) is -2.89. The van der Waals surface area contributed by atoms with Crippen LogP contribution < -0.4 is 14.8 Å². The van der Waals surface area contributed by atoms with E-state index in [0.29, 0.717) is 5.69 Å². The first-order chi connectivity index (χ1) is 12.1. The number of phenolic OH excluding ortho intramolecular Hbond substituents is 1. The van der Waals surface area contributed by atoms with Gasteiger partial charge in [-0.3, -0.25) is 19.6 Å². The van der Waals surface area contributed by atoms with E-state index in [1.807, 2.05) is 0 Å². The third-order valence-electron chi connectivity index (χ3n) is 3.22. The number of hydrogen-bond acceptors (Lipinski definition) is 7. The minimum atomic E-state index is -4.22. The fourth-order valence-corrected chi connectivity index (χ4v) is 3.17. The molecule has 2 rings (SSSR count). The van der Waals surface area contributed by atoms with Gasteiger partial charge in [-0.2, -0.15) is 0 Å². The third-order valence-corrected chi connectivity index (χ3v) is 4.58. The summed E-state index contributed by atoms with van der Waals surface area (Å²) < 4.78 is 32.4. The molecule has 0 bridgehead atoms. The second-order valence-corrected chi connectivity index (χ2v) is 6.79. The first-order valence-electron chi connectivity index (χ1n) is 7.10. The molecule has 0 heterocycles. The van der Waals surface area contributed by atoms with E-state index in [2.05, 4.69) is 10.0 Å². The molecular weight excluding hydrogens is 366 g/mol. The Morgan fingerprint density at radius 1 is 1.23 bits per heavy atom.